The number of amides is 2. The molecule has 8 nitrogen and oxygen atoms in total. The van der Waals surface area contributed by atoms with Crippen molar-refractivity contribution >= 4 is 45.0 Å². The Morgan fingerprint density at radius 3 is 2.05 bits per heavy atom. The molecular weight excluding hydrogens is 634 g/mol. The monoisotopic (exact) mass is 659 g/mol. The Morgan fingerprint density at radius 2 is 1.44 bits per heavy atom. The number of benzene rings is 4. The molecule has 218 valence electrons. The summed E-state index contributed by atoms with van der Waals surface area (Å²) in [6.45, 7) is 2.65. The Kier molecular flexibility index (Phi) is 9.76. The number of halogens is 2. The molecule has 0 saturated carbocycles. The van der Waals surface area contributed by atoms with Crippen LogP contribution in [0.3, 0.4) is 0 Å². The molecule has 1 aromatic heterocycles. The first-order chi connectivity index (χ1) is 20.9. The molecule has 0 aliphatic heterocycles. The maximum absolute atomic E-state index is 13.3. The first kappa shape index (κ1) is 29.9. The molecule has 0 atom stereocenters. The molecule has 0 radical (unpaired) electrons. The van der Waals surface area contributed by atoms with Gasteiger partial charge >= 0.3 is 0 Å². The van der Waals surface area contributed by atoms with Gasteiger partial charge in [0.2, 0.25) is 0 Å². The van der Waals surface area contributed by atoms with Crippen LogP contribution < -0.4 is 20.1 Å². The highest BCUT2D eigenvalue weighted by atomic mass is 79.9. The summed E-state index contributed by atoms with van der Waals surface area (Å²) in [6, 6.07) is 29.4. The van der Waals surface area contributed by atoms with Crippen molar-refractivity contribution in [1.29, 1.82) is 0 Å². The molecule has 0 aliphatic carbocycles. The Morgan fingerprint density at radius 1 is 0.837 bits per heavy atom. The van der Waals surface area contributed by atoms with E-state index in [0.29, 0.717) is 29.2 Å². The Balaban J connectivity index is 1.55. The highest BCUT2D eigenvalue weighted by molar-refractivity contribution is 9.10. The van der Waals surface area contributed by atoms with E-state index in [1.165, 1.54) is 0 Å². The number of ether oxygens (including phenoxy) is 2. The predicted octanol–water partition coefficient (Wildman–Crippen LogP) is 7.92. The molecule has 0 saturated heterocycles. The van der Waals surface area contributed by atoms with Crippen molar-refractivity contribution in [2.24, 2.45) is 0 Å². The quantitative estimate of drug-likeness (QED) is 0.149. The summed E-state index contributed by atoms with van der Waals surface area (Å²) in [5, 5.41) is 9.82. The third kappa shape index (κ3) is 7.43. The van der Waals surface area contributed by atoms with E-state index in [9.17, 15) is 9.59 Å². The number of hydrogen-bond acceptors (Lipinski definition) is 6. The minimum Gasteiger partial charge on any atom is -0.488 e. The fourth-order valence-electron chi connectivity index (χ4n) is 4.19. The van der Waals surface area contributed by atoms with Gasteiger partial charge in [-0.25, -0.2) is 0 Å². The van der Waals surface area contributed by atoms with Gasteiger partial charge in [-0.05, 0) is 48.4 Å². The second-order valence-electron chi connectivity index (χ2n) is 9.38. The molecule has 0 unspecified atom stereocenters. The highest BCUT2D eigenvalue weighted by Crippen LogP contribution is 2.43. The van der Waals surface area contributed by atoms with Crippen molar-refractivity contribution in [3.63, 3.8) is 0 Å². The summed E-state index contributed by atoms with van der Waals surface area (Å²) in [7, 11) is 0. The summed E-state index contributed by atoms with van der Waals surface area (Å²) in [5.41, 5.74) is 2.64. The molecule has 1 heterocycles. The van der Waals surface area contributed by atoms with Crippen LogP contribution in [0.1, 0.15) is 38.9 Å². The number of aromatic nitrogens is 1. The zero-order valence-electron chi connectivity index (χ0n) is 23.1. The molecule has 4 aromatic carbocycles. The van der Waals surface area contributed by atoms with E-state index in [2.05, 4.69) is 31.7 Å². The van der Waals surface area contributed by atoms with Crippen LogP contribution in [-0.2, 0) is 13.2 Å². The largest absolute Gasteiger partial charge is 0.488 e. The number of rotatable bonds is 11. The third-order valence-corrected chi connectivity index (χ3v) is 7.17. The van der Waals surface area contributed by atoms with E-state index in [0.717, 1.165) is 15.6 Å². The Bertz CT molecular complexity index is 1710. The van der Waals surface area contributed by atoms with Crippen molar-refractivity contribution in [2.45, 2.75) is 20.1 Å². The molecule has 0 bridgehead atoms. The summed E-state index contributed by atoms with van der Waals surface area (Å²) in [4.78, 5) is 26.2. The maximum atomic E-state index is 13.3. The fourth-order valence-corrected chi connectivity index (χ4v) is 4.67. The lowest BCUT2D eigenvalue weighted by molar-refractivity contribution is 0.0947. The summed E-state index contributed by atoms with van der Waals surface area (Å²) in [5.74, 6) is -0.117. The molecule has 10 heteroatoms. The maximum Gasteiger partial charge on any atom is 0.275 e. The van der Waals surface area contributed by atoms with E-state index in [1.54, 1.807) is 43.3 Å². The summed E-state index contributed by atoms with van der Waals surface area (Å²) in [6.07, 6.45) is 0. The Labute approximate surface area is 262 Å². The molecule has 43 heavy (non-hydrogen) atoms. The van der Waals surface area contributed by atoms with Gasteiger partial charge in [-0.1, -0.05) is 93.4 Å². The average Bonchev–Trinajstić information content (AvgIpc) is 3.44. The minimum atomic E-state index is -0.510. The molecule has 0 fully saturated rings. The molecule has 5 rings (SSSR count). The van der Waals surface area contributed by atoms with E-state index < -0.39 is 11.8 Å². The number of nitrogens with one attached hydrogen (secondary N) is 2. The van der Waals surface area contributed by atoms with E-state index in [-0.39, 0.29) is 35.4 Å². The molecule has 2 amide bonds. The van der Waals surface area contributed by atoms with E-state index in [4.69, 9.17) is 25.6 Å². The van der Waals surface area contributed by atoms with Gasteiger partial charge < -0.3 is 24.6 Å². The first-order valence-corrected chi connectivity index (χ1v) is 14.6. The Hall–Kier alpha value is -4.60. The number of hydrogen-bond donors (Lipinski definition) is 2. The normalized spacial score (nSPS) is 10.7. The van der Waals surface area contributed by atoms with Crippen molar-refractivity contribution in [1.82, 2.24) is 10.5 Å². The summed E-state index contributed by atoms with van der Waals surface area (Å²) >= 11 is 10.1. The molecular formula is C33H27BrClN3O5. The van der Waals surface area contributed by atoms with Crippen LogP contribution >= 0.6 is 27.5 Å². The number of anilines is 1. The van der Waals surface area contributed by atoms with Crippen LogP contribution in [-0.4, -0.2) is 23.5 Å². The SMILES string of the molecule is CCNC(=O)c1noc(-c2cc(Cl)c(OCc3ccccc3)cc2OCc2ccccc2)c1NC(=O)c1ccc(Br)cc1. The van der Waals surface area contributed by atoms with Crippen molar-refractivity contribution in [3.05, 3.63) is 129 Å². The number of nitrogens with zero attached hydrogens (tertiary/aromatic N) is 1. The van der Waals surface area contributed by atoms with Crippen LogP contribution in [0.4, 0.5) is 5.69 Å². The minimum absolute atomic E-state index is 0.0810. The summed E-state index contributed by atoms with van der Waals surface area (Å²) < 4.78 is 18.8. The van der Waals surface area contributed by atoms with Gasteiger partial charge in [0.05, 0.1) is 10.6 Å². The number of carbonyl (C=O) groups excluding carboxylic acids is 2. The molecule has 5 aromatic rings. The van der Waals surface area contributed by atoms with Crippen LogP contribution in [0.2, 0.25) is 5.02 Å². The van der Waals surface area contributed by atoms with Crippen molar-refractivity contribution in [2.75, 3.05) is 11.9 Å². The van der Waals surface area contributed by atoms with E-state index >= 15 is 0 Å². The van der Waals surface area contributed by atoms with Crippen LogP contribution in [0.25, 0.3) is 11.3 Å². The zero-order valence-corrected chi connectivity index (χ0v) is 25.4. The van der Waals surface area contributed by atoms with Gasteiger partial charge in [0.25, 0.3) is 11.8 Å². The van der Waals surface area contributed by atoms with Gasteiger partial charge in [-0.15, -0.1) is 0 Å². The first-order valence-electron chi connectivity index (χ1n) is 13.4. The molecule has 0 spiro atoms. The van der Waals surface area contributed by atoms with Crippen molar-refractivity contribution < 1.29 is 23.6 Å². The second-order valence-corrected chi connectivity index (χ2v) is 10.7. The van der Waals surface area contributed by atoms with Crippen LogP contribution in [0.5, 0.6) is 11.5 Å². The number of carbonyl (C=O) groups is 2. The van der Waals surface area contributed by atoms with Gasteiger partial charge in [0.15, 0.2) is 11.5 Å². The van der Waals surface area contributed by atoms with Gasteiger partial charge in [-0.3, -0.25) is 9.59 Å². The lowest BCUT2D eigenvalue weighted by Gasteiger charge is -2.16. The second kappa shape index (κ2) is 14.0. The van der Waals surface area contributed by atoms with Gasteiger partial charge in [0.1, 0.15) is 30.4 Å². The van der Waals surface area contributed by atoms with Crippen LogP contribution in [0.15, 0.2) is 106 Å². The van der Waals surface area contributed by atoms with Gasteiger partial charge in [-0.2, -0.15) is 0 Å². The zero-order chi connectivity index (χ0) is 30.2. The average molecular weight is 661 g/mol. The smallest absolute Gasteiger partial charge is 0.275 e. The van der Waals surface area contributed by atoms with Crippen molar-refractivity contribution in [3.8, 4) is 22.8 Å². The topological polar surface area (TPSA) is 103 Å². The fraction of sp³-hybridized carbons (Fsp3) is 0.121. The van der Waals surface area contributed by atoms with E-state index in [1.807, 2.05) is 60.7 Å². The van der Waals surface area contributed by atoms with Crippen LogP contribution in [0, 0.1) is 0 Å². The standard InChI is InChI=1S/C33H27BrClN3O5/c1-2-36-33(40)30-29(37-32(39)23-13-15-24(34)16-14-23)31(43-38-30)25-17-26(35)28(42-20-22-11-7-4-8-12-22)18-27(25)41-19-21-9-5-3-6-10-21/h3-18H,2,19-20H2,1H3,(H,36,40)(H,37,39). The molecule has 0 aliphatic rings. The highest BCUT2D eigenvalue weighted by Gasteiger charge is 2.28. The third-order valence-electron chi connectivity index (χ3n) is 6.34. The predicted molar refractivity (Wildman–Crippen MR) is 169 cm³/mol. The lowest BCUT2D eigenvalue weighted by atomic mass is 10.1. The lowest BCUT2D eigenvalue weighted by Crippen LogP contribution is -2.25. The van der Waals surface area contributed by atoms with Gasteiger partial charge in [0, 0.05) is 22.6 Å². The molecule has 2 N–H and O–H groups in total.